The van der Waals surface area contributed by atoms with Gasteiger partial charge in [-0.3, -0.25) is 4.68 Å². The van der Waals surface area contributed by atoms with Crippen molar-refractivity contribution < 1.29 is 9.84 Å². The standard InChI is InChI=1S/C17H20N2O2/c1-4-13-8-7-9-14(12-13)21-17-15(5-2)18-19(10-11-20)16(17)6-3/h1,7-9,12,20H,5-6,10-11H2,2-3H3. The average Bonchev–Trinajstić information content (AvgIpc) is 2.84. The first-order valence-electron chi connectivity index (χ1n) is 7.17. The van der Waals surface area contributed by atoms with Crippen LogP contribution in [0.1, 0.15) is 30.8 Å². The van der Waals surface area contributed by atoms with Crippen LogP contribution in [0.5, 0.6) is 11.5 Å². The first-order chi connectivity index (χ1) is 10.2. The topological polar surface area (TPSA) is 47.3 Å². The fourth-order valence-electron chi connectivity index (χ4n) is 2.27. The molecule has 0 unspecified atom stereocenters. The number of aryl methyl sites for hydroxylation is 1. The predicted molar refractivity (Wildman–Crippen MR) is 82.5 cm³/mol. The van der Waals surface area contributed by atoms with Crippen molar-refractivity contribution in [2.45, 2.75) is 33.2 Å². The maximum atomic E-state index is 9.15. The number of aromatic nitrogens is 2. The summed E-state index contributed by atoms with van der Waals surface area (Å²) in [6.45, 7) is 4.62. The molecule has 0 bridgehead atoms. The van der Waals surface area contributed by atoms with Gasteiger partial charge in [-0.05, 0) is 31.0 Å². The summed E-state index contributed by atoms with van der Waals surface area (Å²) < 4.78 is 7.85. The summed E-state index contributed by atoms with van der Waals surface area (Å²) in [6.07, 6.45) is 6.98. The number of terminal acetylenes is 1. The number of hydrogen-bond acceptors (Lipinski definition) is 3. The Morgan fingerprint density at radius 1 is 1.33 bits per heavy atom. The molecule has 0 radical (unpaired) electrons. The van der Waals surface area contributed by atoms with Crippen LogP contribution in [0.15, 0.2) is 24.3 Å². The summed E-state index contributed by atoms with van der Waals surface area (Å²) in [5, 5.41) is 13.7. The van der Waals surface area contributed by atoms with E-state index in [1.165, 1.54) is 0 Å². The summed E-state index contributed by atoms with van der Waals surface area (Å²) in [5.74, 6) is 4.09. The van der Waals surface area contributed by atoms with E-state index < -0.39 is 0 Å². The zero-order valence-corrected chi connectivity index (χ0v) is 12.5. The third kappa shape index (κ3) is 3.26. The molecule has 0 atom stereocenters. The molecule has 0 aliphatic heterocycles. The summed E-state index contributed by atoms with van der Waals surface area (Å²) in [4.78, 5) is 0. The number of nitrogens with zero attached hydrogens (tertiary/aromatic N) is 2. The number of ether oxygens (including phenoxy) is 1. The van der Waals surface area contributed by atoms with Crippen molar-refractivity contribution in [1.82, 2.24) is 9.78 Å². The van der Waals surface area contributed by atoms with Crippen LogP contribution in [0, 0.1) is 12.3 Å². The minimum atomic E-state index is 0.0594. The van der Waals surface area contributed by atoms with E-state index in [1.807, 2.05) is 35.9 Å². The third-order valence-electron chi connectivity index (χ3n) is 3.28. The zero-order chi connectivity index (χ0) is 15.2. The molecule has 2 rings (SSSR count). The van der Waals surface area contributed by atoms with Gasteiger partial charge in [-0.15, -0.1) is 6.42 Å². The van der Waals surface area contributed by atoms with Gasteiger partial charge in [0.2, 0.25) is 0 Å². The quantitative estimate of drug-likeness (QED) is 0.830. The molecule has 1 N–H and O–H groups in total. The second kappa shape index (κ2) is 6.96. The van der Waals surface area contributed by atoms with Crippen molar-refractivity contribution in [2.75, 3.05) is 6.61 Å². The Morgan fingerprint density at radius 3 is 2.76 bits per heavy atom. The van der Waals surface area contributed by atoms with E-state index in [0.29, 0.717) is 12.3 Å². The molecule has 0 saturated heterocycles. The van der Waals surface area contributed by atoms with Gasteiger partial charge in [-0.2, -0.15) is 5.10 Å². The van der Waals surface area contributed by atoms with E-state index in [9.17, 15) is 0 Å². The first kappa shape index (κ1) is 15.1. The lowest BCUT2D eigenvalue weighted by Gasteiger charge is -2.09. The van der Waals surface area contributed by atoms with E-state index >= 15 is 0 Å². The van der Waals surface area contributed by atoms with Gasteiger partial charge in [-0.1, -0.05) is 25.8 Å². The molecule has 0 amide bonds. The average molecular weight is 284 g/mol. The molecule has 110 valence electrons. The molecule has 4 nitrogen and oxygen atoms in total. The van der Waals surface area contributed by atoms with E-state index in [4.69, 9.17) is 16.3 Å². The van der Waals surface area contributed by atoms with Gasteiger partial charge < -0.3 is 9.84 Å². The van der Waals surface area contributed by atoms with Crippen molar-refractivity contribution in [3.8, 4) is 23.8 Å². The van der Waals surface area contributed by atoms with Crippen molar-refractivity contribution in [3.05, 3.63) is 41.2 Å². The van der Waals surface area contributed by atoms with Gasteiger partial charge >= 0.3 is 0 Å². The lowest BCUT2D eigenvalue weighted by Crippen LogP contribution is -2.07. The van der Waals surface area contributed by atoms with Crippen LogP contribution in [-0.4, -0.2) is 21.5 Å². The Hall–Kier alpha value is -2.25. The number of aliphatic hydroxyl groups excluding tert-OH is 1. The fourth-order valence-corrected chi connectivity index (χ4v) is 2.27. The number of hydrogen-bond donors (Lipinski definition) is 1. The second-order valence-electron chi connectivity index (χ2n) is 4.65. The molecular formula is C17H20N2O2. The molecule has 2 aromatic rings. The van der Waals surface area contributed by atoms with Crippen LogP contribution >= 0.6 is 0 Å². The smallest absolute Gasteiger partial charge is 0.171 e. The van der Waals surface area contributed by atoms with Gasteiger partial charge in [0.1, 0.15) is 11.4 Å². The van der Waals surface area contributed by atoms with E-state index in [1.54, 1.807) is 0 Å². The van der Waals surface area contributed by atoms with Crippen molar-refractivity contribution >= 4 is 0 Å². The van der Waals surface area contributed by atoms with Crippen LogP contribution < -0.4 is 4.74 Å². The Morgan fingerprint density at radius 2 is 2.14 bits per heavy atom. The highest BCUT2D eigenvalue weighted by atomic mass is 16.5. The van der Waals surface area contributed by atoms with E-state index in [2.05, 4.69) is 17.9 Å². The molecule has 0 aliphatic rings. The minimum Gasteiger partial charge on any atom is -0.453 e. The molecule has 1 heterocycles. The summed E-state index contributed by atoms with van der Waals surface area (Å²) >= 11 is 0. The second-order valence-corrected chi connectivity index (χ2v) is 4.65. The van der Waals surface area contributed by atoms with Crippen molar-refractivity contribution in [3.63, 3.8) is 0 Å². The highest BCUT2D eigenvalue weighted by molar-refractivity contribution is 5.43. The lowest BCUT2D eigenvalue weighted by atomic mass is 10.2. The van der Waals surface area contributed by atoms with E-state index in [-0.39, 0.29) is 6.61 Å². The largest absolute Gasteiger partial charge is 0.453 e. The van der Waals surface area contributed by atoms with Crippen molar-refractivity contribution in [2.24, 2.45) is 0 Å². The lowest BCUT2D eigenvalue weighted by molar-refractivity contribution is 0.267. The Kier molecular flexibility index (Phi) is 5.02. The van der Waals surface area contributed by atoms with Gasteiger partial charge in [0.15, 0.2) is 5.75 Å². The highest BCUT2D eigenvalue weighted by Gasteiger charge is 2.17. The number of aliphatic hydroxyl groups is 1. The highest BCUT2D eigenvalue weighted by Crippen LogP contribution is 2.30. The van der Waals surface area contributed by atoms with Gasteiger partial charge in [0, 0.05) is 5.56 Å². The third-order valence-corrected chi connectivity index (χ3v) is 3.28. The maximum Gasteiger partial charge on any atom is 0.171 e. The van der Waals surface area contributed by atoms with Crippen LogP contribution in [0.3, 0.4) is 0 Å². The van der Waals surface area contributed by atoms with Crippen LogP contribution in [0.25, 0.3) is 0 Å². The zero-order valence-electron chi connectivity index (χ0n) is 12.5. The molecule has 0 saturated carbocycles. The summed E-state index contributed by atoms with van der Waals surface area (Å²) in [5.41, 5.74) is 2.67. The molecule has 1 aromatic heterocycles. The Bertz CT molecular complexity index is 653. The monoisotopic (exact) mass is 284 g/mol. The SMILES string of the molecule is C#Cc1cccc(Oc2c(CC)nn(CCO)c2CC)c1. The molecule has 4 heteroatoms. The molecule has 1 aromatic carbocycles. The number of benzene rings is 1. The Balaban J connectivity index is 2.39. The fraction of sp³-hybridized carbons (Fsp3) is 0.353. The van der Waals surface area contributed by atoms with Crippen LogP contribution in [-0.2, 0) is 19.4 Å². The number of rotatable bonds is 6. The molecule has 21 heavy (non-hydrogen) atoms. The first-order valence-corrected chi connectivity index (χ1v) is 7.17. The minimum absolute atomic E-state index is 0.0594. The summed E-state index contributed by atoms with van der Waals surface area (Å²) in [6, 6.07) is 7.45. The van der Waals surface area contributed by atoms with Crippen LogP contribution in [0.4, 0.5) is 0 Å². The van der Waals surface area contributed by atoms with Gasteiger partial charge in [0.05, 0.1) is 18.8 Å². The molecule has 0 fully saturated rings. The summed E-state index contributed by atoms with van der Waals surface area (Å²) in [7, 11) is 0. The molecular weight excluding hydrogens is 264 g/mol. The molecule has 0 aliphatic carbocycles. The van der Waals surface area contributed by atoms with E-state index in [0.717, 1.165) is 35.5 Å². The Labute approximate surface area is 125 Å². The normalized spacial score (nSPS) is 10.4. The maximum absolute atomic E-state index is 9.15. The van der Waals surface area contributed by atoms with Crippen molar-refractivity contribution in [1.29, 1.82) is 0 Å². The van der Waals surface area contributed by atoms with Gasteiger partial charge in [0.25, 0.3) is 0 Å². The molecule has 0 spiro atoms. The van der Waals surface area contributed by atoms with Crippen LogP contribution in [0.2, 0.25) is 0 Å². The predicted octanol–water partition coefficient (Wildman–Crippen LogP) is 2.77. The van der Waals surface area contributed by atoms with Gasteiger partial charge in [-0.25, -0.2) is 0 Å².